The van der Waals surface area contributed by atoms with Crippen molar-refractivity contribution in [1.29, 1.82) is 0 Å². The zero-order valence-corrected chi connectivity index (χ0v) is 8.22. The summed E-state index contributed by atoms with van der Waals surface area (Å²) < 4.78 is 10.9. The Morgan fingerprint density at radius 3 is 1.45 bits per heavy atom. The summed E-state index contributed by atoms with van der Waals surface area (Å²) in [6, 6.07) is 0. The molecule has 0 aromatic rings. The molecule has 0 saturated heterocycles. The van der Waals surface area contributed by atoms with E-state index in [0.29, 0.717) is 0 Å². The topological polar surface area (TPSA) is 83.6 Å². The van der Waals surface area contributed by atoms with Crippen molar-refractivity contribution < 1.29 is 14.4 Å². The first-order valence-corrected chi connectivity index (χ1v) is 4.96. The molecule has 0 fully saturated rings. The monoisotopic (exact) mass is 181 g/mol. The summed E-state index contributed by atoms with van der Waals surface area (Å²) in [4.78, 5) is 17.7. The summed E-state index contributed by atoms with van der Waals surface area (Å²) in [6.07, 6.45) is 0. The third kappa shape index (κ3) is 2.03. The van der Waals surface area contributed by atoms with Gasteiger partial charge in [0.1, 0.15) is 5.28 Å². The summed E-state index contributed by atoms with van der Waals surface area (Å²) in [5.41, 5.74) is 4.90. The summed E-state index contributed by atoms with van der Waals surface area (Å²) >= 11 is 0. The molecule has 0 unspecified atom stereocenters. The summed E-state index contributed by atoms with van der Waals surface area (Å²) in [5, 5.41) is -1.46. The average Bonchev–Trinajstić information content (AvgIpc) is 1.58. The molecular formula is C6H16NO3P. The Morgan fingerprint density at radius 2 is 1.45 bits per heavy atom. The predicted octanol–water partition coefficient (Wildman–Crippen LogP) is 0.885. The van der Waals surface area contributed by atoms with Crippen LogP contribution in [-0.4, -0.2) is 15.1 Å². The van der Waals surface area contributed by atoms with Crippen LogP contribution in [0, 0.1) is 5.41 Å². The van der Waals surface area contributed by atoms with Crippen molar-refractivity contribution in [2.75, 3.05) is 0 Å². The molecule has 0 heterocycles. The summed E-state index contributed by atoms with van der Waals surface area (Å²) in [7, 11) is -4.21. The van der Waals surface area contributed by atoms with Crippen LogP contribution in [0.2, 0.25) is 0 Å². The van der Waals surface area contributed by atoms with Crippen molar-refractivity contribution in [3.05, 3.63) is 0 Å². The highest BCUT2D eigenvalue weighted by atomic mass is 31.2. The third-order valence-corrected chi connectivity index (χ3v) is 4.00. The van der Waals surface area contributed by atoms with Crippen LogP contribution in [0.3, 0.4) is 0 Å². The highest BCUT2D eigenvalue weighted by molar-refractivity contribution is 7.53. The maximum atomic E-state index is 10.9. The lowest BCUT2D eigenvalue weighted by molar-refractivity contribution is 0.229. The van der Waals surface area contributed by atoms with Gasteiger partial charge in [-0.1, -0.05) is 20.8 Å². The molecule has 1 atom stereocenters. The zero-order valence-electron chi connectivity index (χ0n) is 7.33. The molecule has 0 aliphatic heterocycles. The first kappa shape index (κ1) is 11.1. The Morgan fingerprint density at radius 1 is 1.18 bits per heavy atom. The van der Waals surface area contributed by atoms with Crippen molar-refractivity contribution in [1.82, 2.24) is 0 Å². The van der Waals surface area contributed by atoms with Gasteiger partial charge in [-0.3, -0.25) is 4.57 Å². The fourth-order valence-corrected chi connectivity index (χ4v) is 1.31. The molecule has 0 rings (SSSR count). The largest absolute Gasteiger partial charge is 0.345 e. The molecule has 0 bridgehead atoms. The molecule has 0 spiro atoms. The molecule has 68 valence electrons. The molecule has 0 saturated carbocycles. The van der Waals surface area contributed by atoms with Crippen molar-refractivity contribution in [2.45, 2.75) is 33.0 Å². The van der Waals surface area contributed by atoms with E-state index in [2.05, 4.69) is 0 Å². The van der Waals surface area contributed by atoms with E-state index in [-0.39, 0.29) is 0 Å². The van der Waals surface area contributed by atoms with Crippen molar-refractivity contribution in [3.63, 3.8) is 0 Å². The molecule has 4 nitrogen and oxygen atoms in total. The highest BCUT2D eigenvalue weighted by Gasteiger charge is 2.47. The molecule has 0 aliphatic rings. The van der Waals surface area contributed by atoms with Crippen molar-refractivity contribution in [3.8, 4) is 0 Å². The Hall–Kier alpha value is 0.110. The minimum absolute atomic E-state index is 0.605. The van der Waals surface area contributed by atoms with Gasteiger partial charge in [0.25, 0.3) is 0 Å². The number of hydrogen-bond acceptors (Lipinski definition) is 2. The quantitative estimate of drug-likeness (QED) is 0.524. The van der Waals surface area contributed by atoms with Crippen molar-refractivity contribution in [2.24, 2.45) is 11.1 Å². The normalized spacial score (nSPS) is 19.5. The van der Waals surface area contributed by atoms with Gasteiger partial charge < -0.3 is 15.5 Å². The smallest absolute Gasteiger partial charge is 0.323 e. The predicted molar refractivity (Wildman–Crippen MR) is 44.1 cm³/mol. The van der Waals surface area contributed by atoms with Crippen molar-refractivity contribution >= 4 is 7.60 Å². The fourth-order valence-electron chi connectivity index (χ4n) is 0.437. The molecule has 0 aromatic heterocycles. The lowest BCUT2D eigenvalue weighted by Crippen LogP contribution is -2.47. The summed E-state index contributed by atoms with van der Waals surface area (Å²) in [6.45, 7) is 6.47. The lowest BCUT2D eigenvalue weighted by Gasteiger charge is -2.38. The van der Waals surface area contributed by atoms with E-state index in [9.17, 15) is 4.57 Å². The van der Waals surface area contributed by atoms with Gasteiger partial charge in [-0.15, -0.1) is 0 Å². The minimum atomic E-state index is -4.21. The van der Waals surface area contributed by atoms with E-state index in [4.69, 9.17) is 15.5 Å². The Balaban J connectivity index is 4.91. The molecule has 0 radical (unpaired) electrons. The molecule has 0 amide bonds. The Bertz CT molecular complexity index is 188. The minimum Gasteiger partial charge on any atom is -0.323 e. The summed E-state index contributed by atoms with van der Waals surface area (Å²) in [5.74, 6) is 0. The molecule has 0 aromatic carbocycles. The molecule has 11 heavy (non-hydrogen) atoms. The number of hydrogen-bond donors (Lipinski definition) is 3. The Labute approximate surface area is 67.0 Å². The second-order valence-electron chi connectivity index (χ2n) is 3.94. The zero-order chi connectivity index (χ0) is 9.50. The van der Waals surface area contributed by atoms with Crippen LogP contribution in [0.15, 0.2) is 0 Å². The van der Waals surface area contributed by atoms with E-state index >= 15 is 0 Å². The van der Waals surface area contributed by atoms with Crippen LogP contribution in [-0.2, 0) is 4.57 Å². The molecule has 4 N–H and O–H groups in total. The second kappa shape index (κ2) is 2.56. The van der Waals surface area contributed by atoms with Gasteiger partial charge in [-0.05, 0) is 12.3 Å². The lowest BCUT2D eigenvalue weighted by atomic mass is 9.88. The van der Waals surface area contributed by atoms with Gasteiger partial charge in [0, 0.05) is 0 Å². The number of rotatable bonds is 1. The molecule has 0 aliphatic carbocycles. The van der Waals surface area contributed by atoms with E-state index in [0.717, 1.165) is 0 Å². The van der Waals surface area contributed by atoms with Gasteiger partial charge in [0.2, 0.25) is 0 Å². The van der Waals surface area contributed by atoms with E-state index in [1.165, 1.54) is 6.92 Å². The number of nitrogens with two attached hydrogens (primary N) is 1. The standard InChI is InChI=1S/C6H16NO3P/c1-5(2,3)6(4,7)11(8,9)10/h7H2,1-4H3,(H2,8,9,10)/t6-/m1/s1. The first-order chi connectivity index (χ1) is 4.50. The van der Waals surface area contributed by atoms with Crippen LogP contribution in [0.25, 0.3) is 0 Å². The van der Waals surface area contributed by atoms with E-state index < -0.39 is 18.3 Å². The van der Waals surface area contributed by atoms with Crippen LogP contribution in [0.5, 0.6) is 0 Å². The maximum Gasteiger partial charge on any atom is 0.345 e. The van der Waals surface area contributed by atoms with E-state index in [1.807, 2.05) is 0 Å². The fraction of sp³-hybridized carbons (Fsp3) is 1.00. The van der Waals surface area contributed by atoms with Gasteiger partial charge in [-0.25, -0.2) is 0 Å². The average molecular weight is 181 g/mol. The van der Waals surface area contributed by atoms with Crippen LogP contribution in [0.1, 0.15) is 27.7 Å². The Kier molecular flexibility index (Phi) is 2.58. The highest BCUT2D eigenvalue weighted by Crippen LogP contribution is 2.55. The third-order valence-electron chi connectivity index (χ3n) is 2.12. The first-order valence-electron chi connectivity index (χ1n) is 3.34. The van der Waals surface area contributed by atoms with Gasteiger partial charge in [0.15, 0.2) is 0 Å². The molecule has 5 heteroatoms. The van der Waals surface area contributed by atoms with Crippen LogP contribution >= 0.6 is 7.60 Å². The van der Waals surface area contributed by atoms with Gasteiger partial charge in [-0.2, -0.15) is 0 Å². The van der Waals surface area contributed by atoms with Gasteiger partial charge >= 0.3 is 7.60 Å². The SMILES string of the molecule is CC(C)(C)[C@](C)(N)P(=O)(O)O. The van der Waals surface area contributed by atoms with Crippen LogP contribution in [0.4, 0.5) is 0 Å². The van der Waals surface area contributed by atoms with E-state index in [1.54, 1.807) is 20.8 Å². The maximum absolute atomic E-state index is 10.9. The second-order valence-corrected chi connectivity index (χ2v) is 5.96. The van der Waals surface area contributed by atoms with Crippen LogP contribution < -0.4 is 5.73 Å². The van der Waals surface area contributed by atoms with Gasteiger partial charge in [0.05, 0.1) is 0 Å². The molecular weight excluding hydrogens is 165 g/mol.